The van der Waals surface area contributed by atoms with E-state index >= 15 is 0 Å². The van der Waals surface area contributed by atoms with Crippen LogP contribution in [0.25, 0.3) is 0 Å². The van der Waals surface area contributed by atoms with Crippen molar-refractivity contribution in [3.05, 3.63) is 106 Å². The Bertz CT molecular complexity index is 1030. The van der Waals surface area contributed by atoms with E-state index in [0.717, 1.165) is 11.8 Å². The van der Waals surface area contributed by atoms with E-state index in [1.165, 1.54) is 12.1 Å². The van der Waals surface area contributed by atoms with E-state index in [9.17, 15) is 19.7 Å². The van der Waals surface area contributed by atoms with Gasteiger partial charge in [-0.05, 0) is 29.8 Å². The SMILES string of the molecule is COc1ccc(C(=O)CC(SC(=O)c2ccccc2)c2ccc([N+](=O)[O-])cc2)cc1. The van der Waals surface area contributed by atoms with Crippen molar-refractivity contribution in [2.24, 2.45) is 0 Å². The molecule has 1 unspecified atom stereocenters. The Morgan fingerprint density at radius 2 is 1.57 bits per heavy atom. The van der Waals surface area contributed by atoms with Crippen LogP contribution in [0.4, 0.5) is 5.69 Å². The number of carbonyl (C=O) groups excluding carboxylic acids is 2. The molecule has 0 bridgehead atoms. The molecular formula is C23H19NO5S. The number of non-ortho nitro benzene ring substituents is 1. The van der Waals surface area contributed by atoms with Crippen LogP contribution < -0.4 is 4.74 Å². The van der Waals surface area contributed by atoms with Gasteiger partial charge in [0.1, 0.15) is 5.75 Å². The maximum atomic E-state index is 12.8. The maximum absolute atomic E-state index is 12.8. The normalized spacial score (nSPS) is 11.5. The van der Waals surface area contributed by atoms with E-state index < -0.39 is 10.2 Å². The molecule has 30 heavy (non-hydrogen) atoms. The molecule has 0 radical (unpaired) electrons. The molecule has 0 aromatic heterocycles. The molecule has 0 saturated heterocycles. The first-order valence-electron chi connectivity index (χ1n) is 9.15. The molecule has 7 heteroatoms. The number of methoxy groups -OCH3 is 1. The van der Waals surface area contributed by atoms with Crippen molar-refractivity contribution in [1.82, 2.24) is 0 Å². The molecule has 0 saturated carbocycles. The highest BCUT2D eigenvalue weighted by Crippen LogP contribution is 2.36. The minimum atomic E-state index is -0.483. The summed E-state index contributed by atoms with van der Waals surface area (Å²) in [5, 5.41) is 10.3. The van der Waals surface area contributed by atoms with Crippen molar-refractivity contribution < 1.29 is 19.2 Å². The fraction of sp³-hybridized carbons (Fsp3) is 0.130. The number of benzene rings is 3. The van der Waals surface area contributed by atoms with E-state index in [1.807, 2.05) is 6.07 Å². The highest BCUT2D eigenvalue weighted by molar-refractivity contribution is 8.14. The lowest BCUT2D eigenvalue weighted by Gasteiger charge is -2.16. The summed E-state index contributed by atoms with van der Waals surface area (Å²) in [6.45, 7) is 0. The summed E-state index contributed by atoms with van der Waals surface area (Å²) >= 11 is 1.04. The predicted molar refractivity (Wildman–Crippen MR) is 116 cm³/mol. The van der Waals surface area contributed by atoms with E-state index in [-0.39, 0.29) is 23.0 Å². The summed E-state index contributed by atoms with van der Waals surface area (Å²) in [4.78, 5) is 36.0. The maximum Gasteiger partial charge on any atom is 0.269 e. The van der Waals surface area contributed by atoms with Crippen LogP contribution in [0.1, 0.15) is 38.0 Å². The number of rotatable bonds is 8. The lowest BCUT2D eigenvalue weighted by Crippen LogP contribution is -2.08. The van der Waals surface area contributed by atoms with Crippen molar-refractivity contribution in [3.8, 4) is 5.75 Å². The molecule has 0 heterocycles. The van der Waals surface area contributed by atoms with Gasteiger partial charge >= 0.3 is 0 Å². The van der Waals surface area contributed by atoms with E-state index in [0.29, 0.717) is 22.4 Å². The molecule has 1 atom stereocenters. The summed E-state index contributed by atoms with van der Waals surface area (Å²) in [5.41, 5.74) is 1.68. The number of thioether (sulfide) groups is 1. The molecule has 3 aromatic carbocycles. The largest absolute Gasteiger partial charge is 0.497 e. The van der Waals surface area contributed by atoms with Gasteiger partial charge in [0.15, 0.2) is 5.78 Å². The molecule has 0 aliphatic rings. The molecule has 3 aromatic rings. The molecule has 0 spiro atoms. The Hall–Kier alpha value is -3.45. The molecule has 152 valence electrons. The molecule has 0 aliphatic carbocycles. The van der Waals surface area contributed by atoms with E-state index in [1.54, 1.807) is 67.8 Å². The first kappa shape index (κ1) is 21.3. The second kappa shape index (κ2) is 9.84. The van der Waals surface area contributed by atoms with Gasteiger partial charge in [0.25, 0.3) is 5.69 Å². The second-order valence-electron chi connectivity index (χ2n) is 6.46. The van der Waals surface area contributed by atoms with Gasteiger partial charge in [0.2, 0.25) is 5.12 Å². The summed E-state index contributed by atoms with van der Waals surface area (Å²) in [5.74, 6) is 0.515. The van der Waals surface area contributed by atoms with Gasteiger partial charge in [-0.2, -0.15) is 0 Å². The van der Waals surface area contributed by atoms with Gasteiger partial charge in [-0.3, -0.25) is 19.7 Å². The minimum absolute atomic E-state index is 0.0432. The van der Waals surface area contributed by atoms with Gasteiger partial charge in [-0.25, -0.2) is 0 Å². The predicted octanol–water partition coefficient (Wildman–Crippen LogP) is 5.49. The molecular weight excluding hydrogens is 402 g/mol. The monoisotopic (exact) mass is 421 g/mol. The highest BCUT2D eigenvalue weighted by Gasteiger charge is 2.23. The van der Waals surface area contributed by atoms with Crippen LogP contribution in [0.2, 0.25) is 0 Å². The molecule has 3 rings (SSSR count). The van der Waals surface area contributed by atoms with Crippen molar-refractivity contribution in [1.29, 1.82) is 0 Å². The van der Waals surface area contributed by atoms with Gasteiger partial charge in [0.05, 0.1) is 12.0 Å². The second-order valence-corrected chi connectivity index (χ2v) is 7.64. The van der Waals surface area contributed by atoms with Crippen molar-refractivity contribution in [3.63, 3.8) is 0 Å². The van der Waals surface area contributed by atoms with Crippen molar-refractivity contribution in [2.45, 2.75) is 11.7 Å². The summed E-state index contributed by atoms with van der Waals surface area (Å²) in [7, 11) is 1.55. The van der Waals surface area contributed by atoms with Gasteiger partial charge in [0, 0.05) is 34.9 Å². The number of nitrogens with zero attached hydrogens (tertiary/aromatic N) is 1. The number of hydrogen-bond donors (Lipinski definition) is 0. The summed E-state index contributed by atoms with van der Waals surface area (Å²) in [6, 6.07) is 21.5. The van der Waals surface area contributed by atoms with Crippen LogP contribution in [0.3, 0.4) is 0 Å². The number of nitro benzene ring substituents is 1. The zero-order valence-electron chi connectivity index (χ0n) is 16.2. The van der Waals surface area contributed by atoms with Crippen LogP contribution in [0.5, 0.6) is 5.75 Å². The van der Waals surface area contributed by atoms with E-state index in [4.69, 9.17) is 4.74 Å². The number of Topliss-reactive ketones (excluding diaryl/α,β-unsaturated/α-hetero) is 1. The minimum Gasteiger partial charge on any atom is -0.497 e. The number of carbonyl (C=O) groups is 2. The first-order valence-corrected chi connectivity index (χ1v) is 10.0. The Kier molecular flexibility index (Phi) is 6.98. The lowest BCUT2D eigenvalue weighted by molar-refractivity contribution is -0.384. The average Bonchev–Trinajstić information content (AvgIpc) is 2.79. The highest BCUT2D eigenvalue weighted by atomic mass is 32.2. The van der Waals surface area contributed by atoms with Crippen LogP contribution in [0, 0.1) is 10.1 Å². The van der Waals surface area contributed by atoms with Gasteiger partial charge in [-0.15, -0.1) is 0 Å². The van der Waals surface area contributed by atoms with Gasteiger partial charge < -0.3 is 4.74 Å². The zero-order chi connectivity index (χ0) is 21.5. The molecule has 0 amide bonds. The van der Waals surface area contributed by atoms with Crippen molar-refractivity contribution >= 4 is 28.3 Å². The Morgan fingerprint density at radius 3 is 2.13 bits per heavy atom. The summed E-state index contributed by atoms with van der Waals surface area (Å²) in [6.07, 6.45) is 0.0768. The van der Waals surface area contributed by atoms with Crippen LogP contribution >= 0.6 is 11.8 Å². The quantitative estimate of drug-likeness (QED) is 0.271. The van der Waals surface area contributed by atoms with E-state index in [2.05, 4.69) is 0 Å². The Labute approximate surface area is 178 Å². The van der Waals surface area contributed by atoms with Gasteiger partial charge in [-0.1, -0.05) is 54.2 Å². The molecule has 0 fully saturated rings. The number of nitro groups is 1. The van der Waals surface area contributed by atoms with Crippen LogP contribution in [-0.4, -0.2) is 22.9 Å². The van der Waals surface area contributed by atoms with Crippen molar-refractivity contribution in [2.75, 3.05) is 7.11 Å². The number of hydrogen-bond acceptors (Lipinski definition) is 6. The third-order valence-electron chi connectivity index (χ3n) is 4.52. The third-order valence-corrected chi connectivity index (χ3v) is 5.69. The molecule has 6 nitrogen and oxygen atoms in total. The van der Waals surface area contributed by atoms with Crippen LogP contribution in [-0.2, 0) is 0 Å². The number of ether oxygens (including phenoxy) is 1. The summed E-state index contributed by atoms with van der Waals surface area (Å²) < 4.78 is 5.12. The lowest BCUT2D eigenvalue weighted by atomic mass is 10.0. The topological polar surface area (TPSA) is 86.5 Å². The number of ketones is 1. The zero-order valence-corrected chi connectivity index (χ0v) is 17.0. The third kappa shape index (κ3) is 5.33. The standard InChI is InChI=1S/C23H19NO5S/c1-29-20-13-9-16(10-14-20)21(25)15-22(17-7-11-19(12-8-17)24(27)28)30-23(26)18-5-3-2-4-6-18/h2-14,22H,15H2,1H3. The van der Waals surface area contributed by atoms with Crippen LogP contribution in [0.15, 0.2) is 78.9 Å². The molecule has 0 N–H and O–H groups in total. The average molecular weight is 421 g/mol. The molecule has 0 aliphatic heterocycles. The Balaban J connectivity index is 1.84. The fourth-order valence-corrected chi connectivity index (χ4v) is 3.93. The first-order chi connectivity index (χ1) is 14.5. The smallest absolute Gasteiger partial charge is 0.269 e. The Morgan fingerprint density at radius 1 is 0.933 bits per heavy atom. The fourth-order valence-electron chi connectivity index (χ4n) is 2.87.